The van der Waals surface area contributed by atoms with Gasteiger partial charge in [0.15, 0.2) is 23.2 Å². The first kappa shape index (κ1) is 21.1. The van der Waals surface area contributed by atoms with E-state index in [0.29, 0.717) is 24.3 Å². The van der Waals surface area contributed by atoms with Crippen molar-refractivity contribution in [1.29, 1.82) is 0 Å². The predicted molar refractivity (Wildman–Crippen MR) is 100.0 cm³/mol. The van der Waals surface area contributed by atoms with E-state index in [1.807, 2.05) is 0 Å². The van der Waals surface area contributed by atoms with Crippen LogP contribution in [0, 0.1) is 11.8 Å². The van der Waals surface area contributed by atoms with Crippen LogP contribution in [0.5, 0.6) is 0 Å². The van der Waals surface area contributed by atoms with Crippen molar-refractivity contribution < 1.29 is 44.0 Å². The van der Waals surface area contributed by atoms with Crippen molar-refractivity contribution in [3.05, 3.63) is 24.5 Å². The van der Waals surface area contributed by atoms with E-state index < -0.39 is 60.7 Å². The first-order valence-electron chi connectivity index (χ1n) is 9.51. The fraction of sp³-hybridized carbons (Fsp3) is 0.722. The summed E-state index contributed by atoms with van der Waals surface area (Å²) in [7, 11) is 0. The third kappa shape index (κ3) is 3.49. The highest BCUT2D eigenvalue weighted by molar-refractivity contribution is 7.92. The number of amides is 1. The van der Waals surface area contributed by atoms with E-state index in [1.54, 1.807) is 11.0 Å². The van der Waals surface area contributed by atoms with E-state index in [2.05, 4.69) is 6.58 Å². The number of piperidine rings is 1. The van der Waals surface area contributed by atoms with Crippen molar-refractivity contribution in [2.45, 2.75) is 48.8 Å². The number of carbonyl (C=O) groups excluding carboxylic acids is 1. The second kappa shape index (κ2) is 8.16. The van der Waals surface area contributed by atoms with Crippen LogP contribution in [0.2, 0.25) is 0 Å². The minimum absolute atomic E-state index is 0.173. The number of carbonyl (C=O) groups is 1. The summed E-state index contributed by atoms with van der Waals surface area (Å²) in [6, 6.07) is 0. The molecule has 11 heteroatoms. The van der Waals surface area contributed by atoms with Crippen LogP contribution in [0.15, 0.2) is 24.5 Å². The van der Waals surface area contributed by atoms with Crippen LogP contribution >= 0.6 is 0 Å². The molecule has 0 spiro atoms. The van der Waals surface area contributed by atoms with Crippen molar-refractivity contribution in [3.8, 4) is 0 Å². The van der Waals surface area contributed by atoms with Gasteiger partial charge in [-0.1, -0.05) is 6.08 Å². The molecule has 0 aromatic heterocycles. The van der Waals surface area contributed by atoms with Crippen LogP contribution in [0.4, 0.5) is 0 Å². The normalized spacial score (nSPS) is 47.1. The lowest BCUT2D eigenvalue weighted by Gasteiger charge is -2.44. The van der Waals surface area contributed by atoms with Gasteiger partial charge in [0.1, 0.15) is 24.4 Å². The highest BCUT2D eigenvalue weighted by Gasteiger charge is 2.56. The molecule has 4 aliphatic rings. The molecule has 0 aromatic carbocycles. The third-order valence-corrected chi connectivity index (χ3v) is 7.74. The summed E-state index contributed by atoms with van der Waals surface area (Å²) in [5, 5.41) is 39.1. The molecule has 1 amide bonds. The Morgan fingerprint density at radius 2 is 2.03 bits per heavy atom. The highest BCUT2D eigenvalue weighted by atomic mass is 32.2. The Bertz CT molecular complexity index is 688. The van der Waals surface area contributed by atoms with Gasteiger partial charge in [-0.2, -0.15) is 4.55 Å². The Balaban J connectivity index is 1.53. The number of fused-ring (bicyclic) bond motifs is 2. The largest absolute Gasteiger partial charge is 0.471 e. The fourth-order valence-corrected chi connectivity index (χ4v) is 5.97. The zero-order valence-electron chi connectivity index (χ0n) is 15.6. The molecule has 3 saturated heterocycles. The van der Waals surface area contributed by atoms with Crippen molar-refractivity contribution in [2.75, 3.05) is 18.9 Å². The topological polar surface area (TPSA) is 149 Å². The first-order chi connectivity index (χ1) is 13.9. The first-order valence-corrected chi connectivity index (χ1v) is 10.9. The number of hydrogen-bond donors (Lipinski definition) is 5. The Morgan fingerprint density at radius 3 is 2.72 bits per heavy atom. The fourth-order valence-electron chi connectivity index (χ4n) is 4.39. The van der Waals surface area contributed by atoms with Crippen LogP contribution in [0.1, 0.15) is 6.42 Å². The van der Waals surface area contributed by atoms with Crippen molar-refractivity contribution in [1.82, 2.24) is 4.90 Å². The van der Waals surface area contributed by atoms with Gasteiger partial charge in [0.2, 0.25) is 11.7 Å². The number of aliphatic hydroxyl groups excluding tert-OH is 4. The number of nitrogens with zero attached hydrogens (tertiary/aromatic N) is 1. The SMILES string of the molecule is C=CC1C(OC2OC(CO)C(O)C(O)C2O)OC=C2C(=O)N3CC[S+](O)C3CC21. The maximum atomic E-state index is 12.8. The molecule has 3 fully saturated rings. The van der Waals surface area contributed by atoms with Gasteiger partial charge in [-0.3, -0.25) is 9.69 Å². The van der Waals surface area contributed by atoms with Crippen LogP contribution in [0.25, 0.3) is 0 Å². The van der Waals surface area contributed by atoms with E-state index in [0.717, 1.165) is 0 Å². The maximum absolute atomic E-state index is 12.8. The summed E-state index contributed by atoms with van der Waals surface area (Å²) < 4.78 is 27.0. The Kier molecular flexibility index (Phi) is 5.93. The standard InChI is InChI=1S/C18H26NO9S/c1-2-8-9-5-12-19(3-4-29(12)25)16(24)10(9)7-26-17(8)28-18-15(23)14(22)13(21)11(6-20)27-18/h2,7-9,11-15,17-18,20-23,25H,1,3-6H2/q+1. The molecule has 4 aliphatic heterocycles. The molecule has 4 heterocycles. The average Bonchev–Trinajstić information content (AvgIpc) is 3.09. The Hall–Kier alpha value is -1.18. The maximum Gasteiger partial charge on any atom is 0.257 e. The molecule has 29 heavy (non-hydrogen) atoms. The Morgan fingerprint density at radius 1 is 1.28 bits per heavy atom. The van der Waals surface area contributed by atoms with Gasteiger partial charge < -0.3 is 34.6 Å². The zero-order valence-corrected chi connectivity index (χ0v) is 16.4. The van der Waals surface area contributed by atoms with E-state index in [1.165, 1.54) is 6.26 Å². The summed E-state index contributed by atoms with van der Waals surface area (Å²) in [5.41, 5.74) is 0.485. The van der Waals surface area contributed by atoms with Crippen molar-refractivity contribution in [2.24, 2.45) is 11.8 Å². The zero-order chi connectivity index (χ0) is 20.9. The molecule has 0 aromatic rings. The molecule has 4 rings (SSSR count). The monoisotopic (exact) mass is 432 g/mol. The van der Waals surface area contributed by atoms with Gasteiger partial charge in [-0.25, -0.2) is 0 Å². The number of ether oxygens (including phenoxy) is 3. The molecule has 10 unspecified atom stereocenters. The molecule has 10 atom stereocenters. The van der Waals surface area contributed by atoms with E-state index in [4.69, 9.17) is 14.2 Å². The molecule has 162 valence electrons. The summed E-state index contributed by atoms with van der Waals surface area (Å²) in [6.45, 7) is 3.76. The summed E-state index contributed by atoms with van der Waals surface area (Å²) in [4.78, 5) is 14.5. The summed E-state index contributed by atoms with van der Waals surface area (Å²) in [6.07, 6.45) is -4.58. The van der Waals surface area contributed by atoms with Gasteiger partial charge in [-0.15, -0.1) is 6.58 Å². The molecule has 5 N–H and O–H groups in total. The molecule has 0 bridgehead atoms. The summed E-state index contributed by atoms with van der Waals surface area (Å²) >= 11 is -0.871. The minimum Gasteiger partial charge on any atom is -0.471 e. The average molecular weight is 432 g/mol. The molecule has 0 aliphatic carbocycles. The lowest BCUT2D eigenvalue weighted by molar-refractivity contribution is -0.339. The molecule has 10 nitrogen and oxygen atoms in total. The van der Waals surface area contributed by atoms with Crippen LogP contribution in [0.3, 0.4) is 0 Å². The Labute approximate surface area is 170 Å². The quantitative estimate of drug-likeness (QED) is 0.254. The molecular weight excluding hydrogens is 406 g/mol. The summed E-state index contributed by atoms with van der Waals surface area (Å²) in [5.74, 6) is -0.370. The van der Waals surface area contributed by atoms with Gasteiger partial charge >= 0.3 is 0 Å². The molecule has 0 radical (unpaired) electrons. The number of aliphatic hydroxyl groups is 4. The second-order valence-electron chi connectivity index (χ2n) is 7.62. The van der Waals surface area contributed by atoms with Crippen LogP contribution in [-0.4, -0.2) is 97.1 Å². The van der Waals surface area contributed by atoms with Crippen molar-refractivity contribution in [3.63, 3.8) is 0 Å². The van der Waals surface area contributed by atoms with Crippen LogP contribution in [-0.2, 0) is 30.2 Å². The second-order valence-corrected chi connectivity index (χ2v) is 9.38. The predicted octanol–water partition coefficient (Wildman–Crippen LogP) is -1.88. The van der Waals surface area contributed by atoms with Crippen LogP contribution < -0.4 is 0 Å². The molecule has 0 saturated carbocycles. The van der Waals surface area contributed by atoms with Gasteiger partial charge in [0.25, 0.3) is 5.91 Å². The lowest BCUT2D eigenvalue weighted by Crippen LogP contribution is -2.60. The smallest absolute Gasteiger partial charge is 0.257 e. The van der Waals surface area contributed by atoms with Crippen molar-refractivity contribution >= 4 is 17.1 Å². The van der Waals surface area contributed by atoms with Gasteiger partial charge in [-0.05, 0) is 0 Å². The molecular formula is C18H26NO9S+. The van der Waals surface area contributed by atoms with E-state index in [-0.39, 0.29) is 17.2 Å². The lowest BCUT2D eigenvalue weighted by atomic mass is 9.79. The minimum atomic E-state index is -1.57. The van der Waals surface area contributed by atoms with E-state index >= 15 is 0 Å². The van der Waals surface area contributed by atoms with Gasteiger partial charge in [0, 0.05) is 18.3 Å². The number of rotatable bonds is 4. The third-order valence-electron chi connectivity index (χ3n) is 6.06. The van der Waals surface area contributed by atoms with E-state index in [9.17, 15) is 29.8 Å². The van der Waals surface area contributed by atoms with Gasteiger partial charge in [0.05, 0.1) is 25.0 Å². The number of hydrogen-bond acceptors (Lipinski definition) is 9. The highest BCUT2D eigenvalue weighted by Crippen LogP contribution is 2.43.